The van der Waals surface area contributed by atoms with Gasteiger partial charge >= 0.3 is 0 Å². The van der Waals surface area contributed by atoms with Crippen LogP contribution in [0.15, 0.2) is 0 Å². The van der Waals surface area contributed by atoms with Crippen LogP contribution >= 0.6 is 0 Å². The summed E-state index contributed by atoms with van der Waals surface area (Å²) in [5.41, 5.74) is 5.70. The fraction of sp³-hybridized carbons (Fsp3) is 1.00. The van der Waals surface area contributed by atoms with E-state index in [9.17, 15) is 0 Å². The number of nitrogens with one attached hydrogen (secondary N) is 1. The Bertz CT molecular complexity index is 199. The first kappa shape index (κ1) is 17.0. The molecule has 2 heteroatoms. The summed E-state index contributed by atoms with van der Waals surface area (Å²) >= 11 is 0. The number of nitrogens with two attached hydrogens (primary N) is 1. The van der Waals surface area contributed by atoms with Crippen LogP contribution in [-0.4, -0.2) is 19.1 Å². The molecule has 3 atom stereocenters. The first-order chi connectivity index (χ1) is 9.26. The van der Waals surface area contributed by atoms with Crippen LogP contribution in [0.25, 0.3) is 0 Å². The Kier molecular flexibility index (Phi) is 9.54. The van der Waals surface area contributed by atoms with Crippen molar-refractivity contribution in [1.29, 1.82) is 0 Å². The maximum Gasteiger partial charge on any atom is 0.00671 e. The highest BCUT2D eigenvalue weighted by Gasteiger charge is 2.15. The minimum Gasteiger partial charge on any atom is -0.330 e. The third kappa shape index (κ3) is 7.94. The van der Waals surface area contributed by atoms with Crippen LogP contribution in [0.4, 0.5) is 0 Å². The SMILES string of the molecule is CCCC(CCN)CCCNC1CCCC(C)CC1. The van der Waals surface area contributed by atoms with Gasteiger partial charge in [-0.2, -0.15) is 0 Å². The molecule has 19 heavy (non-hydrogen) atoms. The van der Waals surface area contributed by atoms with Gasteiger partial charge in [0.1, 0.15) is 0 Å². The fourth-order valence-corrected chi connectivity index (χ4v) is 3.47. The molecule has 114 valence electrons. The van der Waals surface area contributed by atoms with Gasteiger partial charge in [0.2, 0.25) is 0 Å². The molecule has 3 unspecified atom stereocenters. The summed E-state index contributed by atoms with van der Waals surface area (Å²) < 4.78 is 0. The second-order valence-corrected chi connectivity index (χ2v) is 6.64. The summed E-state index contributed by atoms with van der Waals surface area (Å²) in [7, 11) is 0. The van der Waals surface area contributed by atoms with Gasteiger partial charge in [0.05, 0.1) is 0 Å². The molecule has 0 aromatic heterocycles. The van der Waals surface area contributed by atoms with Crippen LogP contribution in [0, 0.1) is 11.8 Å². The van der Waals surface area contributed by atoms with Crippen molar-refractivity contribution in [3.63, 3.8) is 0 Å². The van der Waals surface area contributed by atoms with Gasteiger partial charge in [-0.3, -0.25) is 0 Å². The molecule has 0 amide bonds. The third-order valence-corrected chi connectivity index (χ3v) is 4.75. The van der Waals surface area contributed by atoms with E-state index < -0.39 is 0 Å². The zero-order chi connectivity index (χ0) is 13.9. The van der Waals surface area contributed by atoms with Gasteiger partial charge in [0.25, 0.3) is 0 Å². The molecule has 0 aromatic rings. The van der Waals surface area contributed by atoms with Crippen molar-refractivity contribution in [1.82, 2.24) is 5.32 Å². The molecule has 1 aliphatic carbocycles. The zero-order valence-corrected chi connectivity index (χ0v) is 13.3. The molecule has 0 radical (unpaired) electrons. The minimum atomic E-state index is 0.795. The van der Waals surface area contributed by atoms with Crippen molar-refractivity contribution in [2.45, 2.75) is 84.1 Å². The molecular weight excluding hydrogens is 232 g/mol. The summed E-state index contributed by atoms with van der Waals surface area (Å²) in [6, 6.07) is 0.795. The Morgan fingerprint density at radius 3 is 2.68 bits per heavy atom. The quantitative estimate of drug-likeness (QED) is 0.488. The van der Waals surface area contributed by atoms with Gasteiger partial charge < -0.3 is 11.1 Å². The lowest BCUT2D eigenvalue weighted by Gasteiger charge is -2.18. The molecule has 0 spiro atoms. The summed E-state index contributed by atoms with van der Waals surface area (Å²) in [6.45, 7) is 6.77. The monoisotopic (exact) mass is 268 g/mol. The standard InChI is InChI=1S/C17H36N2/c1-3-6-16(12-13-18)8-5-14-19-17-9-4-7-15(2)10-11-17/h15-17,19H,3-14,18H2,1-2H3. The molecule has 0 aromatic carbocycles. The first-order valence-corrected chi connectivity index (χ1v) is 8.69. The molecule has 1 saturated carbocycles. The van der Waals surface area contributed by atoms with Crippen molar-refractivity contribution in [2.75, 3.05) is 13.1 Å². The Morgan fingerprint density at radius 2 is 1.95 bits per heavy atom. The highest BCUT2D eigenvalue weighted by molar-refractivity contribution is 4.73. The van der Waals surface area contributed by atoms with Crippen molar-refractivity contribution < 1.29 is 0 Å². The highest BCUT2D eigenvalue weighted by Crippen LogP contribution is 2.23. The molecule has 3 N–H and O–H groups in total. The Balaban J connectivity index is 2.08. The van der Waals surface area contributed by atoms with Gasteiger partial charge in [0.15, 0.2) is 0 Å². The second-order valence-electron chi connectivity index (χ2n) is 6.64. The number of rotatable bonds is 9. The summed E-state index contributed by atoms with van der Waals surface area (Å²) in [4.78, 5) is 0. The molecule has 1 fully saturated rings. The van der Waals surface area contributed by atoms with Crippen molar-refractivity contribution in [2.24, 2.45) is 17.6 Å². The predicted octanol–water partition coefficient (Wildman–Crippen LogP) is 4.09. The van der Waals surface area contributed by atoms with Gasteiger partial charge in [-0.05, 0) is 63.5 Å². The van der Waals surface area contributed by atoms with Crippen LogP contribution in [0.1, 0.15) is 78.1 Å². The molecule has 2 nitrogen and oxygen atoms in total. The van der Waals surface area contributed by atoms with Crippen molar-refractivity contribution >= 4 is 0 Å². The van der Waals surface area contributed by atoms with Gasteiger partial charge in [0, 0.05) is 6.04 Å². The minimum absolute atomic E-state index is 0.795. The Labute approximate surface area is 120 Å². The van der Waals surface area contributed by atoms with Crippen LogP contribution in [-0.2, 0) is 0 Å². The van der Waals surface area contributed by atoms with Gasteiger partial charge in [-0.15, -0.1) is 0 Å². The number of hydrogen-bond donors (Lipinski definition) is 2. The van der Waals surface area contributed by atoms with Gasteiger partial charge in [-0.25, -0.2) is 0 Å². The average Bonchev–Trinajstić information content (AvgIpc) is 2.60. The van der Waals surface area contributed by atoms with Crippen molar-refractivity contribution in [3.8, 4) is 0 Å². The smallest absolute Gasteiger partial charge is 0.00671 e. The van der Waals surface area contributed by atoms with Gasteiger partial charge in [-0.1, -0.05) is 39.5 Å². The van der Waals surface area contributed by atoms with E-state index >= 15 is 0 Å². The van der Waals surface area contributed by atoms with Crippen molar-refractivity contribution in [3.05, 3.63) is 0 Å². The summed E-state index contributed by atoms with van der Waals surface area (Å²) in [5, 5.41) is 3.79. The second kappa shape index (κ2) is 10.7. The van der Waals surface area contributed by atoms with Crippen LogP contribution in [0.2, 0.25) is 0 Å². The molecule has 0 saturated heterocycles. The summed E-state index contributed by atoms with van der Waals surface area (Å²) in [5.74, 6) is 1.82. The largest absolute Gasteiger partial charge is 0.330 e. The van der Waals surface area contributed by atoms with E-state index in [-0.39, 0.29) is 0 Å². The fourth-order valence-electron chi connectivity index (χ4n) is 3.47. The van der Waals surface area contributed by atoms with Crippen LogP contribution in [0.5, 0.6) is 0 Å². The molecular formula is C17H36N2. The molecule has 0 bridgehead atoms. The van der Waals surface area contributed by atoms with E-state index in [1.807, 2.05) is 0 Å². The van der Waals surface area contributed by atoms with E-state index in [4.69, 9.17) is 5.73 Å². The van der Waals surface area contributed by atoms with E-state index in [1.54, 1.807) is 0 Å². The average molecular weight is 268 g/mol. The normalized spacial score (nSPS) is 26.1. The van der Waals surface area contributed by atoms with Crippen LogP contribution in [0.3, 0.4) is 0 Å². The maximum atomic E-state index is 5.70. The highest BCUT2D eigenvalue weighted by atomic mass is 14.9. The van der Waals surface area contributed by atoms with E-state index in [2.05, 4.69) is 19.2 Å². The predicted molar refractivity (Wildman–Crippen MR) is 85.3 cm³/mol. The van der Waals surface area contributed by atoms with E-state index in [1.165, 1.54) is 70.8 Å². The van der Waals surface area contributed by atoms with E-state index in [0.29, 0.717) is 0 Å². The molecule has 0 aliphatic heterocycles. The lowest BCUT2D eigenvalue weighted by molar-refractivity contribution is 0.385. The van der Waals surface area contributed by atoms with Crippen LogP contribution < -0.4 is 11.1 Å². The molecule has 1 aliphatic rings. The Hall–Kier alpha value is -0.0800. The maximum absolute atomic E-state index is 5.70. The Morgan fingerprint density at radius 1 is 1.11 bits per heavy atom. The van der Waals surface area contributed by atoms with E-state index in [0.717, 1.165) is 24.4 Å². The molecule has 1 rings (SSSR count). The lowest BCUT2D eigenvalue weighted by atomic mass is 9.94. The first-order valence-electron chi connectivity index (χ1n) is 8.69. The topological polar surface area (TPSA) is 38.0 Å². The zero-order valence-electron chi connectivity index (χ0n) is 13.3. The summed E-state index contributed by atoms with van der Waals surface area (Å²) in [6.07, 6.45) is 13.6. The molecule has 0 heterocycles. The third-order valence-electron chi connectivity index (χ3n) is 4.75. The number of hydrogen-bond acceptors (Lipinski definition) is 2. The lowest BCUT2D eigenvalue weighted by Crippen LogP contribution is -2.29.